The number of hydrogen-bond acceptors (Lipinski definition) is 5. The van der Waals surface area contributed by atoms with Crippen LogP contribution in [0.25, 0.3) is 11.5 Å². The number of ether oxygens (including phenoxy) is 1. The van der Waals surface area contributed by atoms with Crippen LogP contribution < -0.4 is 9.64 Å². The second-order valence-corrected chi connectivity index (χ2v) is 8.24. The Morgan fingerprint density at radius 2 is 1.79 bits per heavy atom. The molecule has 2 heterocycles. The maximum atomic E-state index is 13.7. The van der Waals surface area contributed by atoms with E-state index in [4.69, 9.17) is 9.15 Å². The largest absolute Gasteiger partial charge is 0.497 e. The van der Waals surface area contributed by atoms with Gasteiger partial charge in [0.2, 0.25) is 5.89 Å². The highest BCUT2D eigenvalue weighted by Gasteiger charge is 2.51. The van der Waals surface area contributed by atoms with Gasteiger partial charge in [0.15, 0.2) is 5.60 Å². The maximum Gasteiger partial charge on any atom is 0.268 e. The summed E-state index contributed by atoms with van der Waals surface area (Å²) < 4.78 is 11.1. The van der Waals surface area contributed by atoms with E-state index in [2.05, 4.69) is 4.98 Å². The summed E-state index contributed by atoms with van der Waals surface area (Å²) in [5, 5.41) is 11.7. The Balaban J connectivity index is 1.52. The number of aliphatic hydroxyl groups is 1. The zero-order valence-corrected chi connectivity index (χ0v) is 18.7. The van der Waals surface area contributed by atoms with Crippen LogP contribution in [0.5, 0.6) is 5.75 Å². The fourth-order valence-electron chi connectivity index (χ4n) is 4.32. The average Bonchev–Trinajstić information content (AvgIpc) is 3.31. The molecule has 0 bridgehead atoms. The van der Waals surface area contributed by atoms with Crippen molar-refractivity contribution in [3.63, 3.8) is 0 Å². The highest BCUT2D eigenvalue weighted by Crippen LogP contribution is 2.45. The number of benzene rings is 3. The van der Waals surface area contributed by atoms with Gasteiger partial charge < -0.3 is 19.2 Å². The molecule has 1 aliphatic heterocycles. The van der Waals surface area contributed by atoms with E-state index < -0.39 is 11.5 Å². The van der Waals surface area contributed by atoms with E-state index in [1.54, 1.807) is 24.1 Å². The van der Waals surface area contributed by atoms with Crippen LogP contribution in [0.4, 0.5) is 5.69 Å². The molecule has 0 fully saturated rings. The fourth-order valence-corrected chi connectivity index (χ4v) is 4.32. The summed E-state index contributed by atoms with van der Waals surface area (Å²) in [6, 6.07) is 22.2. The number of rotatable bonds is 5. The van der Waals surface area contributed by atoms with Crippen molar-refractivity contribution in [3.05, 3.63) is 101 Å². The monoisotopic (exact) mass is 440 g/mol. The normalized spacial score (nSPS) is 17.3. The lowest BCUT2D eigenvalue weighted by atomic mass is 9.87. The molecule has 1 aliphatic rings. The molecule has 1 amide bonds. The number of nitrogens with zero attached hydrogens (tertiary/aromatic N) is 2. The maximum absolute atomic E-state index is 13.7. The van der Waals surface area contributed by atoms with Crippen LogP contribution >= 0.6 is 0 Å². The summed E-state index contributed by atoms with van der Waals surface area (Å²) in [6.07, 6.45) is 0. The van der Waals surface area contributed by atoms with Crippen LogP contribution in [0, 0.1) is 13.8 Å². The Hall–Kier alpha value is -3.90. The van der Waals surface area contributed by atoms with E-state index in [0.29, 0.717) is 34.2 Å². The molecule has 0 aliphatic carbocycles. The van der Waals surface area contributed by atoms with Crippen LogP contribution in [-0.2, 0) is 16.9 Å². The minimum atomic E-state index is -1.75. The topological polar surface area (TPSA) is 75.8 Å². The third kappa shape index (κ3) is 3.39. The van der Waals surface area contributed by atoms with E-state index in [1.807, 2.05) is 74.5 Å². The number of aryl methyl sites for hydroxylation is 2. The summed E-state index contributed by atoms with van der Waals surface area (Å²) in [5.41, 5.74) is 2.46. The van der Waals surface area contributed by atoms with Gasteiger partial charge in [-0.1, -0.05) is 48.0 Å². The van der Waals surface area contributed by atoms with Crippen LogP contribution in [0.15, 0.2) is 77.2 Å². The summed E-state index contributed by atoms with van der Waals surface area (Å²) >= 11 is 0. The molecule has 33 heavy (non-hydrogen) atoms. The highest BCUT2D eigenvalue weighted by molar-refractivity contribution is 6.09. The molecule has 0 spiro atoms. The molecule has 6 heteroatoms. The molecule has 4 aromatic rings. The Kier molecular flexibility index (Phi) is 5.02. The Labute approximate surface area is 192 Å². The van der Waals surface area contributed by atoms with E-state index in [0.717, 1.165) is 16.9 Å². The number of carbonyl (C=O) groups is 1. The molecule has 0 saturated carbocycles. The number of fused-ring (bicyclic) bond motifs is 1. The molecule has 166 valence electrons. The van der Waals surface area contributed by atoms with Gasteiger partial charge in [-0.3, -0.25) is 4.79 Å². The van der Waals surface area contributed by atoms with Crippen molar-refractivity contribution in [2.45, 2.75) is 26.0 Å². The first-order valence-corrected chi connectivity index (χ1v) is 10.7. The predicted molar refractivity (Wildman–Crippen MR) is 125 cm³/mol. The Bertz CT molecular complexity index is 1340. The van der Waals surface area contributed by atoms with Gasteiger partial charge in [-0.25, -0.2) is 4.98 Å². The molecule has 6 nitrogen and oxygen atoms in total. The number of para-hydroxylation sites is 1. The number of anilines is 1. The first kappa shape index (κ1) is 21.0. The van der Waals surface area contributed by atoms with E-state index in [-0.39, 0.29) is 6.54 Å². The molecule has 1 N–H and O–H groups in total. The van der Waals surface area contributed by atoms with E-state index >= 15 is 0 Å². The molecular formula is C27H24N2O4. The summed E-state index contributed by atoms with van der Waals surface area (Å²) in [6.45, 7) is 3.96. The van der Waals surface area contributed by atoms with Gasteiger partial charge in [0.05, 0.1) is 19.3 Å². The van der Waals surface area contributed by atoms with Crippen molar-refractivity contribution in [1.82, 2.24) is 4.98 Å². The second kappa shape index (κ2) is 7.90. The molecule has 1 atom stereocenters. The number of aromatic nitrogens is 1. The first-order valence-electron chi connectivity index (χ1n) is 10.7. The Morgan fingerprint density at radius 3 is 2.52 bits per heavy atom. The van der Waals surface area contributed by atoms with Gasteiger partial charge in [0, 0.05) is 11.1 Å². The third-order valence-electron chi connectivity index (χ3n) is 6.11. The molecular weight excluding hydrogens is 416 g/mol. The number of hydrogen-bond donors (Lipinski definition) is 1. The first-order chi connectivity index (χ1) is 15.9. The van der Waals surface area contributed by atoms with E-state index in [1.165, 1.54) is 0 Å². The molecule has 1 aromatic heterocycles. The average molecular weight is 440 g/mol. The number of carbonyl (C=O) groups excluding carboxylic acids is 1. The van der Waals surface area contributed by atoms with Crippen molar-refractivity contribution in [2.75, 3.05) is 12.0 Å². The van der Waals surface area contributed by atoms with Crippen molar-refractivity contribution in [3.8, 4) is 17.2 Å². The lowest BCUT2D eigenvalue weighted by molar-refractivity contribution is -0.132. The zero-order chi connectivity index (χ0) is 23.2. The summed E-state index contributed by atoms with van der Waals surface area (Å²) in [5.74, 6) is 1.44. The minimum absolute atomic E-state index is 0.190. The second-order valence-electron chi connectivity index (χ2n) is 8.24. The molecule has 5 rings (SSSR count). The predicted octanol–water partition coefficient (Wildman–Crippen LogP) is 4.75. The van der Waals surface area contributed by atoms with Gasteiger partial charge in [0.1, 0.15) is 17.2 Å². The quantitative estimate of drug-likeness (QED) is 0.485. The summed E-state index contributed by atoms with van der Waals surface area (Å²) in [4.78, 5) is 19.9. The van der Waals surface area contributed by atoms with Crippen molar-refractivity contribution in [2.24, 2.45) is 0 Å². The van der Waals surface area contributed by atoms with Gasteiger partial charge >= 0.3 is 0 Å². The third-order valence-corrected chi connectivity index (χ3v) is 6.11. The van der Waals surface area contributed by atoms with Crippen molar-refractivity contribution in [1.29, 1.82) is 0 Å². The lowest BCUT2D eigenvalue weighted by Gasteiger charge is -2.24. The number of amides is 1. The zero-order valence-electron chi connectivity index (χ0n) is 18.7. The van der Waals surface area contributed by atoms with Crippen LogP contribution in [-0.4, -0.2) is 23.1 Å². The van der Waals surface area contributed by atoms with Crippen molar-refractivity contribution >= 4 is 11.6 Å². The van der Waals surface area contributed by atoms with E-state index in [9.17, 15) is 9.90 Å². The fraction of sp³-hybridized carbons (Fsp3) is 0.185. The summed E-state index contributed by atoms with van der Waals surface area (Å²) in [7, 11) is 1.62. The lowest BCUT2D eigenvalue weighted by Crippen LogP contribution is -2.41. The number of oxazole rings is 1. The van der Waals surface area contributed by atoms with Gasteiger partial charge in [-0.05, 0) is 49.7 Å². The molecule has 3 aromatic carbocycles. The number of methoxy groups -OCH3 is 1. The van der Waals surface area contributed by atoms with Gasteiger partial charge in [-0.2, -0.15) is 0 Å². The smallest absolute Gasteiger partial charge is 0.268 e. The molecule has 0 saturated heterocycles. The van der Waals surface area contributed by atoms with Crippen LogP contribution in [0.2, 0.25) is 0 Å². The van der Waals surface area contributed by atoms with Crippen LogP contribution in [0.3, 0.4) is 0 Å². The van der Waals surface area contributed by atoms with Crippen molar-refractivity contribution < 1.29 is 19.1 Å². The van der Waals surface area contributed by atoms with Gasteiger partial charge in [0.25, 0.3) is 5.91 Å². The highest BCUT2D eigenvalue weighted by atomic mass is 16.5. The van der Waals surface area contributed by atoms with Crippen LogP contribution in [0.1, 0.15) is 28.1 Å². The minimum Gasteiger partial charge on any atom is -0.497 e. The van der Waals surface area contributed by atoms with Gasteiger partial charge in [-0.15, -0.1) is 0 Å². The standard InChI is InChI=1S/C27H24N2O4/c1-17-7-6-8-20(15-17)27(31)22-9-4-5-10-24(22)29(26(27)30)16-23-18(2)33-25(28-23)19-11-13-21(32-3)14-12-19/h4-15,31H,16H2,1-3H3. The Morgan fingerprint density at radius 1 is 1.03 bits per heavy atom. The molecule has 1 unspecified atom stereocenters. The molecule has 0 radical (unpaired) electrons. The SMILES string of the molecule is COc1ccc(-c2nc(CN3C(=O)C(O)(c4cccc(C)c4)c4ccccc43)c(C)o2)cc1.